The van der Waals surface area contributed by atoms with E-state index in [2.05, 4.69) is 15.5 Å². The molecular weight excluding hydrogens is 278 g/mol. The van der Waals surface area contributed by atoms with Crippen LogP contribution in [0, 0.1) is 10.1 Å². The Morgan fingerprint density at radius 1 is 1.35 bits per heavy atom. The lowest BCUT2D eigenvalue weighted by Gasteiger charge is -2.12. The van der Waals surface area contributed by atoms with E-state index in [-0.39, 0.29) is 21.9 Å². The number of nitrogens with zero attached hydrogens (tertiary/aromatic N) is 5. The average molecular weight is 293 g/mol. The normalized spacial score (nSPS) is 12.6. The Morgan fingerprint density at radius 2 is 2.10 bits per heavy atom. The molecule has 7 nitrogen and oxygen atoms in total. The fourth-order valence-electron chi connectivity index (χ4n) is 1.70. The van der Waals surface area contributed by atoms with Crippen molar-refractivity contribution in [2.75, 3.05) is 0 Å². The third-order valence-corrected chi connectivity index (χ3v) is 3.89. The van der Waals surface area contributed by atoms with Gasteiger partial charge in [-0.2, -0.15) is 0 Å². The lowest BCUT2D eigenvalue weighted by atomic mass is 10.1. The Kier molecular flexibility index (Phi) is 4.33. The van der Waals surface area contributed by atoms with Crippen molar-refractivity contribution in [2.45, 2.75) is 37.2 Å². The monoisotopic (exact) mass is 293 g/mol. The summed E-state index contributed by atoms with van der Waals surface area (Å²) in [6.45, 7) is 5.97. The van der Waals surface area contributed by atoms with Crippen molar-refractivity contribution in [3.63, 3.8) is 0 Å². The van der Waals surface area contributed by atoms with Gasteiger partial charge >= 0.3 is 0 Å². The van der Waals surface area contributed by atoms with Gasteiger partial charge in [0.2, 0.25) is 5.16 Å². The predicted molar refractivity (Wildman–Crippen MR) is 75.6 cm³/mol. The predicted octanol–water partition coefficient (Wildman–Crippen LogP) is 3.02. The van der Waals surface area contributed by atoms with E-state index in [1.165, 1.54) is 17.8 Å². The molecule has 0 saturated carbocycles. The Balaban J connectivity index is 2.19. The van der Waals surface area contributed by atoms with E-state index in [4.69, 9.17) is 0 Å². The van der Waals surface area contributed by atoms with Crippen LogP contribution in [0.25, 0.3) is 0 Å². The van der Waals surface area contributed by atoms with Crippen LogP contribution in [0.15, 0.2) is 29.4 Å². The van der Waals surface area contributed by atoms with Crippen molar-refractivity contribution < 1.29 is 4.92 Å². The summed E-state index contributed by atoms with van der Waals surface area (Å²) in [5.74, 6) is 0. The zero-order chi connectivity index (χ0) is 14.7. The van der Waals surface area contributed by atoms with Crippen molar-refractivity contribution in [3.8, 4) is 0 Å². The maximum atomic E-state index is 10.8. The molecule has 0 fully saturated rings. The van der Waals surface area contributed by atoms with Crippen molar-refractivity contribution in [2.24, 2.45) is 0 Å². The smallest absolute Gasteiger partial charge is 0.258 e. The summed E-state index contributed by atoms with van der Waals surface area (Å²) in [6.07, 6.45) is 0. The maximum Gasteiger partial charge on any atom is 0.269 e. The fourth-order valence-corrected chi connectivity index (χ4v) is 2.74. The number of thioether (sulfide) groups is 1. The van der Waals surface area contributed by atoms with Gasteiger partial charge in [0.05, 0.1) is 11.0 Å². The van der Waals surface area contributed by atoms with Gasteiger partial charge in [0.25, 0.3) is 5.69 Å². The second-order valence-electron chi connectivity index (χ2n) is 4.61. The summed E-state index contributed by atoms with van der Waals surface area (Å²) in [7, 11) is 0. The second kappa shape index (κ2) is 6.00. The molecular formula is C12H15N5O2S. The molecule has 2 rings (SSSR count). The average Bonchev–Trinajstić information content (AvgIpc) is 2.87. The molecule has 0 aliphatic carbocycles. The van der Waals surface area contributed by atoms with Gasteiger partial charge in [-0.15, -0.1) is 5.10 Å². The number of tetrazole rings is 1. The number of hydrogen-bond acceptors (Lipinski definition) is 6. The highest BCUT2D eigenvalue weighted by Crippen LogP contribution is 2.35. The summed E-state index contributed by atoms with van der Waals surface area (Å²) in [4.78, 5) is 10.4. The number of nitro groups is 1. The minimum Gasteiger partial charge on any atom is -0.258 e. The quantitative estimate of drug-likeness (QED) is 0.478. The molecule has 0 aliphatic heterocycles. The number of benzene rings is 1. The van der Waals surface area contributed by atoms with E-state index < -0.39 is 0 Å². The molecule has 0 spiro atoms. The summed E-state index contributed by atoms with van der Waals surface area (Å²) in [5.41, 5.74) is 0.973. The molecule has 1 aromatic heterocycles. The summed E-state index contributed by atoms with van der Waals surface area (Å²) in [6, 6.07) is 6.80. The first-order valence-corrected chi connectivity index (χ1v) is 7.06. The zero-order valence-corrected chi connectivity index (χ0v) is 12.2. The zero-order valence-electron chi connectivity index (χ0n) is 11.4. The van der Waals surface area contributed by atoms with E-state index in [0.29, 0.717) is 5.16 Å². The van der Waals surface area contributed by atoms with Gasteiger partial charge in [-0.1, -0.05) is 23.9 Å². The van der Waals surface area contributed by atoms with Crippen LogP contribution in [0.3, 0.4) is 0 Å². The van der Waals surface area contributed by atoms with E-state index >= 15 is 0 Å². The molecule has 0 saturated heterocycles. The lowest BCUT2D eigenvalue weighted by molar-refractivity contribution is -0.384. The van der Waals surface area contributed by atoms with Crippen molar-refractivity contribution in [1.82, 2.24) is 20.2 Å². The van der Waals surface area contributed by atoms with E-state index in [1.54, 1.807) is 16.8 Å². The maximum absolute atomic E-state index is 10.8. The SMILES string of the molecule is CC(C)n1nnnc1S[C@@H](C)c1cccc([N+](=O)[O-])c1. The minimum atomic E-state index is -0.390. The molecule has 8 heteroatoms. The van der Waals surface area contributed by atoms with Crippen LogP contribution in [0.5, 0.6) is 0 Å². The first-order valence-electron chi connectivity index (χ1n) is 6.18. The standard InChI is InChI=1S/C12H15N5O2S/c1-8(2)16-12(13-14-15-16)20-9(3)10-5-4-6-11(7-10)17(18)19/h4-9H,1-3H3/t9-/m0/s1. The molecule has 0 N–H and O–H groups in total. The van der Waals surface area contributed by atoms with Gasteiger partial charge in [0.15, 0.2) is 0 Å². The van der Waals surface area contributed by atoms with Crippen LogP contribution in [0.2, 0.25) is 0 Å². The summed E-state index contributed by atoms with van der Waals surface area (Å²) in [5, 5.41) is 23.1. The first kappa shape index (κ1) is 14.4. The Labute approximate surface area is 120 Å². The van der Waals surface area contributed by atoms with E-state index in [1.807, 2.05) is 26.8 Å². The number of rotatable bonds is 5. The first-order chi connectivity index (χ1) is 9.49. The molecule has 0 unspecified atom stereocenters. The van der Waals surface area contributed by atoms with Gasteiger partial charge in [0.1, 0.15) is 0 Å². The highest BCUT2D eigenvalue weighted by molar-refractivity contribution is 7.99. The lowest BCUT2D eigenvalue weighted by Crippen LogP contribution is -2.05. The summed E-state index contributed by atoms with van der Waals surface area (Å²) >= 11 is 1.48. The van der Waals surface area contributed by atoms with Gasteiger partial charge < -0.3 is 0 Å². The van der Waals surface area contributed by atoms with Gasteiger partial charge in [-0.3, -0.25) is 10.1 Å². The van der Waals surface area contributed by atoms with Crippen LogP contribution >= 0.6 is 11.8 Å². The van der Waals surface area contributed by atoms with Crippen LogP contribution in [-0.2, 0) is 0 Å². The molecule has 1 atom stereocenters. The third-order valence-electron chi connectivity index (χ3n) is 2.78. The van der Waals surface area contributed by atoms with Crippen LogP contribution in [-0.4, -0.2) is 25.1 Å². The molecule has 0 radical (unpaired) electrons. The number of hydrogen-bond donors (Lipinski definition) is 0. The fraction of sp³-hybridized carbons (Fsp3) is 0.417. The molecule has 0 amide bonds. The number of nitro benzene ring substituents is 1. The third kappa shape index (κ3) is 3.13. The number of non-ortho nitro benzene ring substituents is 1. The van der Waals surface area contributed by atoms with Crippen LogP contribution in [0.4, 0.5) is 5.69 Å². The van der Waals surface area contributed by atoms with Crippen LogP contribution < -0.4 is 0 Å². The van der Waals surface area contributed by atoms with Gasteiger partial charge in [0, 0.05) is 17.4 Å². The molecule has 0 aliphatic rings. The Hall–Kier alpha value is -1.96. The summed E-state index contributed by atoms with van der Waals surface area (Å²) < 4.78 is 1.73. The highest BCUT2D eigenvalue weighted by atomic mass is 32.2. The molecule has 0 bridgehead atoms. The topological polar surface area (TPSA) is 86.7 Å². The van der Waals surface area contributed by atoms with E-state index in [9.17, 15) is 10.1 Å². The molecule has 2 aromatic rings. The molecule has 106 valence electrons. The largest absolute Gasteiger partial charge is 0.269 e. The van der Waals surface area contributed by atoms with Gasteiger partial charge in [-0.05, 0) is 36.8 Å². The molecule has 20 heavy (non-hydrogen) atoms. The number of aromatic nitrogens is 4. The molecule has 1 aromatic carbocycles. The van der Waals surface area contributed by atoms with Crippen molar-refractivity contribution >= 4 is 17.4 Å². The minimum absolute atomic E-state index is 0.0263. The van der Waals surface area contributed by atoms with Crippen molar-refractivity contribution in [3.05, 3.63) is 39.9 Å². The Morgan fingerprint density at radius 3 is 2.75 bits per heavy atom. The van der Waals surface area contributed by atoms with E-state index in [0.717, 1.165) is 5.56 Å². The van der Waals surface area contributed by atoms with Gasteiger partial charge in [-0.25, -0.2) is 4.68 Å². The Bertz CT molecular complexity index is 613. The second-order valence-corrected chi connectivity index (χ2v) is 5.92. The van der Waals surface area contributed by atoms with Crippen LogP contribution in [0.1, 0.15) is 37.6 Å². The molecule has 1 heterocycles. The van der Waals surface area contributed by atoms with Crippen molar-refractivity contribution in [1.29, 1.82) is 0 Å². The highest BCUT2D eigenvalue weighted by Gasteiger charge is 2.17.